The molecule has 0 radical (unpaired) electrons. The number of pyridine rings is 1. The Bertz CT molecular complexity index is 1190. The third kappa shape index (κ3) is 3.36. The van der Waals surface area contributed by atoms with Gasteiger partial charge in [-0.1, -0.05) is 30.3 Å². The number of hydrogen-bond acceptors (Lipinski definition) is 7. The van der Waals surface area contributed by atoms with Crippen LogP contribution in [0, 0.1) is 5.21 Å². The highest BCUT2D eigenvalue weighted by Gasteiger charge is 2.54. The van der Waals surface area contributed by atoms with Crippen molar-refractivity contribution in [3.8, 4) is 11.1 Å². The minimum Gasteiger partial charge on any atom is -0.619 e. The summed E-state index contributed by atoms with van der Waals surface area (Å²) in [5.74, 6) is -1.02. The molecule has 1 aliphatic carbocycles. The number of rotatable bonds is 3. The van der Waals surface area contributed by atoms with Crippen molar-refractivity contribution in [2.45, 2.75) is 36.9 Å². The molecule has 32 heavy (non-hydrogen) atoms. The van der Waals surface area contributed by atoms with Gasteiger partial charge in [-0.3, -0.25) is 10.1 Å². The number of hydrogen-bond donors (Lipinski definition) is 2. The largest absolute Gasteiger partial charge is 0.619 e. The molecule has 0 atom stereocenters. The van der Waals surface area contributed by atoms with Crippen molar-refractivity contribution in [2.75, 3.05) is 5.32 Å². The zero-order valence-corrected chi connectivity index (χ0v) is 17.0. The second kappa shape index (κ2) is 7.38. The fourth-order valence-corrected chi connectivity index (χ4v) is 4.36. The van der Waals surface area contributed by atoms with Crippen molar-refractivity contribution in [3.63, 3.8) is 0 Å². The fraction of sp³-hybridized carbons (Fsp3) is 0.261. The molecule has 2 N–H and O–H groups in total. The summed E-state index contributed by atoms with van der Waals surface area (Å²) in [4.78, 5) is 33.4. The van der Waals surface area contributed by atoms with E-state index in [1.54, 1.807) is 12.4 Å². The van der Waals surface area contributed by atoms with E-state index in [0.29, 0.717) is 15.9 Å². The number of benzene rings is 1. The SMILES string of the molecule is O=C1O[C@]2(CC[C@](O)(C(=O)Nc3ncc(-c4ccccc4)cn3)CC2)c2c[n+]([O-])ccc21. The lowest BCUT2D eigenvalue weighted by atomic mass is 9.73. The van der Waals surface area contributed by atoms with Crippen molar-refractivity contribution >= 4 is 17.8 Å². The summed E-state index contributed by atoms with van der Waals surface area (Å²) in [6, 6.07) is 11.0. The van der Waals surface area contributed by atoms with Crippen LogP contribution in [0.1, 0.15) is 41.6 Å². The molecule has 3 aromatic rings. The topological polar surface area (TPSA) is 128 Å². The number of aromatic nitrogens is 3. The van der Waals surface area contributed by atoms with Gasteiger partial charge in [-0.25, -0.2) is 14.8 Å². The van der Waals surface area contributed by atoms with E-state index in [2.05, 4.69) is 15.3 Å². The molecule has 1 spiro atoms. The number of aliphatic hydroxyl groups is 1. The van der Waals surface area contributed by atoms with E-state index in [1.807, 2.05) is 30.3 Å². The van der Waals surface area contributed by atoms with Crippen molar-refractivity contribution in [2.24, 2.45) is 0 Å². The predicted molar refractivity (Wildman–Crippen MR) is 112 cm³/mol. The standard InChI is InChI=1S/C23H20N4O5/c28-19-17-6-11-27(31)14-18(17)23(32-19)9-7-22(30,8-10-23)20(29)26-21-24-12-16(13-25-21)15-4-2-1-3-5-15/h1-6,11-14,30H,7-10H2,(H,24,25,26,29)/t22-,23+. The third-order valence-electron chi connectivity index (χ3n) is 6.23. The minimum atomic E-state index is -1.66. The first-order valence-corrected chi connectivity index (χ1v) is 10.3. The van der Waals surface area contributed by atoms with Crippen LogP contribution in [0.25, 0.3) is 11.1 Å². The molecule has 2 aromatic heterocycles. The Labute approximate surface area is 183 Å². The maximum atomic E-state index is 12.8. The van der Waals surface area contributed by atoms with E-state index in [1.165, 1.54) is 18.5 Å². The van der Waals surface area contributed by atoms with Gasteiger partial charge in [0.1, 0.15) is 11.2 Å². The van der Waals surface area contributed by atoms with Crippen molar-refractivity contribution < 1.29 is 24.2 Å². The first-order chi connectivity index (χ1) is 15.4. The summed E-state index contributed by atoms with van der Waals surface area (Å²) in [6.45, 7) is 0. The molecule has 9 heteroatoms. The molecular formula is C23H20N4O5. The Balaban J connectivity index is 1.28. The Kier molecular flexibility index (Phi) is 4.63. The number of nitrogens with zero attached hydrogens (tertiary/aromatic N) is 3. The van der Waals surface area contributed by atoms with Gasteiger partial charge in [0.15, 0.2) is 12.4 Å². The second-order valence-electron chi connectivity index (χ2n) is 8.16. The normalized spacial score (nSPS) is 24.1. The first-order valence-electron chi connectivity index (χ1n) is 10.3. The highest BCUT2D eigenvalue weighted by atomic mass is 16.6. The van der Waals surface area contributed by atoms with Gasteiger partial charge in [-0.05, 0) is 31.2 Å². The number of nitrogens with one attached hydrogen (secondary N) is 1. The molecule has 162 valence electrons. The number of esters is 1. The van der Waals surface area contributed by atoms with E-state index in [4.69, 9.17) is 4.74 Å². The van der Waals surface area contributed by atoms with Gasteiger partial charge in [0.2, 0.25) is 5.95 Å². The molecule has 1 saturated carbocycles. The molecule has 0 unspecified atom stereocenters. The van der Waals surface area contributed by atoms with Crippen LogP contribution in [0.3, 0.4) is 0 Å². The van der Waals surface area contributed by atoms with Crippen LogP contribution in [0.15, 0.2) is 61.2 Å². The number of amides is 1. The molecule has 1 aliphatic heterocycles. The average molecular weight is 432 g/mol. The smallest absolute Gasteiger partial charge is 0.339 e. The van der Waals surface area contributed by atoms with Gasteiger partial charge in [0.05, 0.1) is 11.1 Å². The number of anilines is 1. The highest BCUT2D eigenvalue weighted by Crippen LogP contribution is 2.48. The van der Waals surface area contributed by atoms with Gasteiger partial charge in [0, 0.05) is 24.0 Å². The lowest BCUT2D eigenvalue weighted by Crippen LogP contribution is -2.49. The van der Waals surface area contributed by atoms with Crippen LogP contribution in [0.2, 0.25) is 0 Å². The number of fused-ring (bicyclic) bond motifs is 2. The highest BCUT2D eigenvalue weighted by molar-refractivity contribution is 5.96. The van der Waals surface area contributed by atoms with Crippen molar-refractivity contribution in [3.05, 3.63) is 77.5 Å². The predicted octanol–water partition coefficient (Wildman–Crippen LogP) is 2.09. The first kappa shape index (κ1) is 20.1. The molecular weight excluding hydrogens is 412 g/mol. The summed E-state index contributed by atoms with van der Waals surface area (Å²) in [7, 11) is 0. The summed E-state index contributed by atoms with van der Waals surface area (Å²) in [6.07, 6.45) is 6.32. The van der Waals surface area contributed by atoms with Crippen molar-refractivity contribution in [1.29, 1.82) is 0 Å². The summed E-state index contributed by atoms with van der Waals surface area (Å²) in [5, 5.41) is 25.3. The van der Waals surface area contributed by atoms with E-state index in [0.717, 1.165) is 11.1 Å². The average Bonchev–Trinajstić information content (AvgIpc) is 3.08. The second-order valence-corrected chi connectivity index (χ2v) is 8.16. The van der Waals surface area contributed by atoms with E-state index < -0.39 is 23.1 Å². The van der Waals surface area contributed by atoms with Crippen LogP contribution in [0.5, 0.6) is 0 Å². The lowest BCUT2D eigenvalue weighted by Gasteiger charge is -2.39. The Morgan fingerprint density at radius 1 is 1.06 bits per heavy atom. The summed E-state index contributed by atoms with van der Waals surface area (Å²) in [5.41, 5.74) is -0.0580. The summed E-state index contributed by atoms with van der Waals surface area (Å²) < 4.78 is 6.22. The summed E-state index contributed by atoms with van der Waals surface area (Å²) >= 11 is 0. The van der Waals surface area contributed by atoms with Crippen LogP contribution in [-0.2, 0) is 15.1 Å². The molecule has 2 aliphatic rings. The van der Waals surface area contributed by atoms with Crippen molar-refractivity contribution in [1.82, 2.24) is 9.97 Å². The van der Waals surface area contributed by atoms with E-state index in [9.17, 15) is 19.9 Å². The molecule has 3 heterocycles. The molecule has 1 aromatic carbocycles. The molecule has 0 bridgehead atoms. The fourth-order valence-electron chi connectivity index (χ4n) is 4.36. The molecule has 9 nitrogen and oxygen atoms in total. The molecule has 5 rings (SSSR count). The van der Waals surface area contributed by atoms with Gasteiger partial charge in [0.25, 0.3) is 5.91 Å². The Morgan fingerprint density at radius 2 is 1.75 bits per heavy atom. The monoisotopic (exact) mass is 432 g/mol. The maximum absolute atomic E-state index is 12.8. The lowest BCUT2D eigenvalue weighted by molar-refractivity contribution is -0.606. The quantitative estimate of drug-likeness (QED) is 0.368. The van der Waals surface area contributed by atoms with E-state index >= 15 is 0 Å². The Hall–Kier alpha value is -3.85. The van der Waals surface area contributed by atoms with Gasteiger partial charge in [-0.2, -0.15) is 4.73 Å². The molecule has 0 saturated heterocycles. The van der Waals surface area contributed by atoms with E-state index in [-0.39, 0.29) is 31.6 Å². The van der Waals surface area contributed by atoms with Gasteiger partial charge >= 0.3 is 5.97 Å². The minimum absolute atomic E-state index is 0.0569. The Morgan fingerprint density at radius 3 is 2.44 bits per heavy atom. The van der Waals surface area contributed by atoms with Crippen LogP contribution in [0.4, 0.5) is 5.95 Å². The zero-order valence-electron chi connectivity index (χ0n) is 17.0. The maximum Gasteiger partial charge on any atom is 0.339 e. The number of carbonyl (C=O) groups is 2. The third-order valence-corrected chi connectivity index (χ3v) is 6.23. The van der Waals surface area contributed by atoms with Crippen LogP contribution < -0.4 is 10.0 Å². The van der Waals surface area contributed by atoms with Gasteiger partial charge in [-0.15, -0.1) is 0 Å². The molecule has 1 amide bonds. The number of carbonyl (C=O) groups excluding carboxylic acids is 2. The van der Waals surface area contributed by atoms with Crippen LogP contribution in [-0.4, -0.2) is 32.6 Å². The van der Waals surface area contributed by atoms with Crippen LogP contribution >= 0.6 is 0 Å². The molecule has 1 fully saturated rings. The zero-order chi connectivity index (χ0) is 22.3. The number of ether oxygens (including phenoxy) is 1. The van der Waals surface area contributed by atoms with Gasteiger partial charge < -0.3 is 15.1 Å².